The van der Waals surface area contributed by atoms with Gasteiger partial charge in [0.25, 0.3) is 11.8 Å². The zero-order valence-electron chi connectivity index (χ0n) is 16.8. The van der Waals surface area contributed by atoms with Gasteiger partial charge in [0.1, 0.15) is 17.2 Å². The normalized spacial score (nSPS) is 10.3. The minimum Gasteiger partial charge on any atom is -0.497 e. The fourth-order valence-corrected chi connectivity index (χ4v) is 2.32. The van der Waals surface area contributed by atoms with E-state index in [1.54, 1.807) is 42.5 Å². The SMILES string of the molecule is COc1ccc(/C=C/C(=O)OCC(=O)NNC(=O)COc2ccc(Cl)cc2)c(OC)c1. The van der Waals surface area contributed by atoms with Gasteiger partial charge in [-0.3, -0.25) is 20.4 Å². The van der Waals surface area contributed by atoms with Gasteiger partial charge in [0, 0.05) is 22.7 Å². The molecule has 0 atom stereocenters. The van der Waals surface area contributed by atoms with E-state index < -0.39 is 24.4 Å². The first kappa shape index (κ1) is 23.6. The van der Waals surface area contributed by atoms with Crippen LogP contribution in [0.15, 0.2) is 48.5 Å². The molecule has 0 bridgehead atoms. The van der Waals surface area contributed by atoms with Crippen molar-refractivity contribution in [3.8, 4) is 17.2 Å². The number of hydrogen-bond acceptors (Lipinski definition) is 7. The fraction of sp³-hybridized carbons (Fsp3) is 0.190. The van der Waals surface area contributed by atoms with Crippen LogP contribution < -0.4 is 25.1 Å². The summed E-state index contributed by atoms with van der Waals surface area (Å²) in [6.07, 6.45) is 2.63. The summed E-state index contributed by atoms with van der Waals surface area (Å²) in [5.74, 6) is -0.506. The monoisotopic (exact) mass is 448 g/mol. The van der Waals surface area contributed by atoms with E-state index in [1.165, 1.54) is 20.3 Å². The third-order valence-electron chi connectivity index (χ3n) is 3.71. The van der Waals surface area contributed by atoms with Gasteiger partial charge < -0.3 is 18.9 Å². The Hall–Kier alpha value is -3.72. The standard InChI is InChI=1S/C21H21ClN2O7/c1-28-17-7-3-14(18(11-17)29-2)4-10-21(27)31-13-20(26)24-23-19(25)12-30-16-8-5-15(22)6-9-16/h3-11H,12-13H2,1-2H3,(H,23,25)(H,24,26)/b10-4+. The molecule has 2 aromatic rings. The zero-order valence-corrected chi connectivity index (χ0v) is 17.6. The number of esters is 1. The number of hydrazine groups is 1. The van der Waals surface area contributed by atoms with Crippen LogP contribution in [0, 0.1) is 0 Å². The van der Waals surface area contributed by atoms with E-state index in [0.717, 1.165) is 6.08 Å². The maximum atomic E-state index is 11.8. The number of amides is 2. The van der Waals surface area contributed by atoms with E-state index in [4.69, 9.17) is 30.5 Å². The molecule has 0 heterocycles. The van der Waals surface area contributed by atoms with E-state index >= 15 is 0 Å². The highest BCUT2D eigenvalue weighted by Crippen LogP contribution is 2.25. The Morgan fingerprint density at radius 1 is 0.903 bits per heavy atom. The second-order valence-electron chi connectivity index (χ2n) is 5.89. The fourth-order valence-electron chi connectivity index (χ4n) is 2.19. The third-order valence-corrected chi connectivity index (χ3v) is 3.96. The Labute approximate surface area is 183 Å². The predicted molar refractivity (Wildman–Crippen MR) is 113 cm³/mol. The summed E-state index contributed by atoms with van der Waals surface area (Å²) in [6, 6.07) is 11.5. The van der Waals surface area contributed by atoms with Crippen molar-refractivity contribution >= 4 is 35.5 Å². The Morgan fingerprint density at radius 3 is 2.19 bits per heavy atom. The lowest BCUT2D eigenvalue weighted by atomic mass is 10.2. The summed E-state index contributed by atoms with van der Waals surface area (Å²) in [5, 5.41) is 0.539. The van der Waals surface area contributed by atoms with Crippen LogP contribution in [0.25, 0.3) is 6.08 Å². The Bertz CT molecular complexity index is 945. The van der Waals surface area contributed by atoms with Crippen LogP contribution in [-0.2, 0) is 19.1 Å². The highest BCUT2D eigenvalue weighted by molar-refractivity contribution is 6.30. The molecule has 0 saturated carbocycles. The maximum Gasteiger partial charge on any atom is 0.331 e. The summed E-state index contributed by atoms with van der Waals surface area (Å²) >= 11 is 5.75. The molecular weight excluding hydrogens is 428 g/mol. The van der Waals surface area contributed by atoms with Crippen LogP contribution in [0.3, 0.4) is 0 Å². The number of methoxy groups -OCH3 is 2. The van der Waals surface area contributed by atoms with Crippen LogP contribution in [0.5, 0.6) is 17.2 Å². The van der Waals surface area contributed by atoms with E-state index in [1.807, 2.05) is 0 Å². The number of carbonyl (C=O) groups excluding carboxylic acids is 3. The van der Waals surface area contributed by atoms with Crippen molar-refractivity contribution < 1.29 is 33.3 Å². The summed E-state index contributed by atoms with van der Waals surface area (Å²) in [4.78, 5) is 35.2. The lowest BCUT2D eigenvalue weighted by Crippen LogP contribution is -2.45. The van der Waals surface area contributed by atoms with Crippen molar-refractivity contribution in [1.82, 2.24) is 10.9 Å². The number of benzene rings is 2. The van der Waals surface area contributed by atoms with Gasteiger partial charge in [-0.25, -0.2) is 4.79 Å². The van der Waals surface area contributed by atoms with Gasteiger partial charge in [0.2, 0.25) is 0 Å². The second-order valence-corrected chi connectivity index (χ2v) is 6.32. The molecule has 9 nitrogen and oxygen atoms in total. The van der Waals surface area contributed by atoms with Crippen molar-refractivity contribution in [2.75, 3.05) is 27.4 Å². The minimum absolute atomic E-state index is 0.325. The molecule has 0 aliphatic rings. The molecule has 0 unspecified atom stereocenters. The van der Waals surface area contributed by atoms with E-state index in [0.29, 0.717) is 27.8 Å². The molecular formula is C21H21ClN2O7. The lowest BCUT2D eigenvalue weighted by molar-refractivity contribution is -0.144. The molecule has 164 valence electrons. The average molecular weight is 449 g/mol. The topological polar surface area (TPSA) is 112 Å². The first-order valence-corrected chi connectivity index (χ1v) is 9.32. The molecule has 0 aromatic heterocycles. The van der Waals surface area contributed by atoms with Crippen LogP contribution in [0.4, 0.5) is 0 Å². The highest BCUT2D eigenvalue weighted by atomic mass is 35.5. The van der Waals surface area contributed by atoms with Gasteiger partial charge in [-0.2, -0.15) is 0 Å². The molecule has 0 aliphatic heterocycles. The molecule has 10 heteroatoms. The quantitative estimate of drug-likeness (QED) is 0.343. The predicted octanol–water partition coefficient (Wildman–Crippen LogP) is 2.14. The molecule has 31 heavy (non-hydrogen) atoms. The van der Waals surface area contributed by atoms with Crippen LogP contribution in [0.1, 0.15) is 5.56 Å². The van der Waals surface area contributed by atoms with Crippen LogP contribution in [0.2, 0.25) is 5.02 Å². The van der Waals surface area contributed by atoms with E-state index in [2.05, 4.69) is 10.9 Å². The average Bonchev–Trinajstić information content (AvgIpc) is 2.79. The molecule has 2 N–H and O–H groups in total. The third kappa shape index (κ3) is 8.27. The summed E-state index contributed by atoms with van der Waals surface area (Å²) in [5.41, 5.74) is 4.88. The number of halogens is 1. The minimum atomic E-state index is -0.745. The first-order chi connectivity index (χ1) is 14.9. The maximum absolute atomic E-state index is 11.8. The van der Waals surface area contributed by atoms with Crippen molar-refractivity contribution in [3.63, 3.8) is 0 Å². The van der Waals surface area contributed by atoms with Gasteiger partial charge in [0.15, 0.2) is 13.2 Å². The zero-order chi connectivity index (χ0) is 22.6. The lowest BCUT2D eigenvalue weighted by Gasteiger charge is -2.09. The van der Waals surface area contributed by atoms with Crippen LogP contribution >= 0.6 is 11.6 Å². The van der Waals surface area contributed by atoms with Crippen molar-refractivity contribution in [2.45, 2.75) is 0 Å². The van der Waals surface area contributed by atoms with Gasteiger partial charge in [-0.1, -0.05) is 11.6 Å². The Morgan fingerprint density at radius 2 is 1.55 bits per heavy atom. The smallest absolute Gasteiger partial charge is 0.331 e. The van der Waals surface area contributed by atoms with Gasteiger partial charge in [0.05, 0.1) is 14.2 Å². The van der Waals surface area contributed by atoms with Crippen molar-refractivity contribution in [3.05, 3.63) is 59.1 Å². The molecule has 0 fully saturated rings. The summed E-state index contributed by atoms with van der Waals surface area (Å²) < 4.78 is 20.4. The Kier molecular flexibility index (Phi) is 9.18. The molecule has 0 aliphatic carbocycles. The number of rotatable bonds is 9. The number of ether oxygens (including phenoxy) is 4. The first-order valence-electron chi connectivity index (χ1n) is 8.94. The number of nitrogens with one attached hydrogen (secondary N) is 2. The molecule has 2 amide bonds. The van der Waals surface area contributed by atoms with E-state index in [9.17, 15) is 14.4 Å². The number of carbonyl (C=O) groups is 3. The van der Waals surface area contributed by atoms with Crippen LogP contribution in [-0.4, -0.2) is 45.2 Å². The molecule has 0 saturated heterocycles. The molecule has 0 radical (unpaired) electrons. The van der Waals surface area contributed by atoms with Crippen molar-refractivity contribution in [2.24, 2.45) is 0 Å². The van der Waals surface area contributed by atoms with Gasteiger partial charge in [-0.05, 0) is 42.5 Å². The number of hydrogen-bond donors (Lipinski definition) is 2. The Balaban J connectivity index is 1.70. The van der Waals surface area contributed by atoms with Gasteiger partial charge in [-0.15, -0.1) is 0 Å². The molecule has 2 aromatic carbocycles. The van der Waals surface area contributed by atoms with Gasteiger partial charge >= 0.3 is 5.97 Å². The molecule has 2 rings (SSSR count). The largest absolute Gasteiger partial charge is 0.497 e. The van der Waals surface area contributed by atoms with E-state index in [-0.39, 0.29) is 6.61 Å². The van der Waals surface area contributed by atoms with Crippen molar-refractivity contribution in [1.29, 1.82) is 0 Å². The highest BCUT2D eigenvalue weighted by Gasteiger charge is 2.08. The summed E-state index contributed by atoms with van der Waals surface area (Å²) in [6.45, 7) is -0.907. The molecule has 0 spiro atoms. The summed E-state index contributed by atoms with van der Waals surface area (Å²) in [7, 11) is 3.02. The second kappa shape index (κ2) is 12.1.